The summed E-state index contributed by atoms with van der Waals surface area (Å²) in [6.07, 6.45) is 10.3. The lowest BCUT2D eigenvalue weighted by atomic mass is 9.99. The molecular formula is C20H32O2. The highest BCUT2D eigenvalue weighted by atomic mass is 16.6. The largest absolute Gasteiger partial charge is 0.459 e. The van der Waals surface area contributed by atoms with Gasteiger partial charge in [0, 0.05) is 0 Å². The molecule has 0 atom stereocenters. The quantitative estimate of drug-likeness (QED) is 0.387. The first-order chi connectivity index (χ1) is 10.5. The van der Waals surface area contributed by atoms with Gasteiger partial charge in [-0.05, 0) is 32.3 Å². The first-order valence-corrected chi connectivity index (χ1v) is 8.79. The number of benzene rings is 1. The Bertz CT molecular complexity index is 409. The molecule has 0 aromatic heterocycles. The summed E-state index contributed by atoms with van der Waals surface area (Å²) >= 11 is 0. The standard InChI is InChI=1S/C20H32O2/c1-4-5-6-7-8-9-13-16-20(2,3)22-19(21)17-18-14-11-10-12-15-18/h10-12,14-15H,4-9,13,16-17H2,1-3H3. The Morgan fingerprint density at radius 2 is 1.55 bits per heavy atom. The number of ether oxygens (including phenoxy) is 1. The molecule has 0 radical (unpaired) electrons. The first-order valence-electron chi connectivity index (χ1n) is 8.79. The van der Waals surface area contributed by atoms with Crippen LogP contribution in [0.2, 0.25) is 0 Å². The number of hydrogen-bond acceptors (Lipinski definition) is 2. The van der Waals surface area contributed by atoms with E-state index in [4.69, 9.17) is 4.74 Å². The van der Waals surface area contributed by atoms with Crippen molar-refractivity contribution in [3.05, 3.63) is 35.9 Å². The second-order valence-corrected chi connectivity index (χ2v) is 6.77. The molecule has 22 heavy (non-hydrogen) atoms. The predicted molar refractivity (Wildman–Crippen MR) is 92.9 cm³/mol. The topological polar surface area (TPSA) is 26.3 Å². The Hall–Kier alpha value is -1.31. The van der Waals surface area contributed by atoms with Crippen molar-refractivity contribution >= 4 is 5.97 Å². The zero-order valence-corrected chi connectivity index (χ0v) is 14.6. The van der Waals surface area contributed by atoms with Crippen molar-refractivity contribution in [2.75, 3.05) is 0 Å². The molecule has 124 valence electrons. The molecule has 1 aromatic rings. The fourth-order valence-corrected chi connectivity index (χ4v) is 2.67. The Balaban J connectivity index is 2.18. The van der Waals surface area contributed by atoms with E-state index in [0.29, 0.717) is 6.42 Å². The molecule has 0 N–H and O–H groups in total. The zero-order valence-electron chi connectivity index (χ0n) is 14.6. The van der Waals surface area contributed by atoms with Gasteiger partial charge in [-0.3, -0.25) is 4.79 Å². The molecule has 0 saturated carbocycles. The summed E-state index contributed by atoms with van der Waals surface area (Å²) in [5, 5.41) is 0. The number of esters is 1. The Morgan fingerprint density at radius 1 is 0.955 bits per heavy atom. The molecule has 0 aliphatic rings. The fourth-order valence-electron chi connectivity index (χ4n) is 2.67. The lowest BCUT2D eigenvalue weighted by Gasteiger charge is -2.25. The van der Waals surface area contributed by atoms with E-state index in [0.717, 1.165) is 18.4 Å². The van der Waals surface area contributed by atoms with Gasteiger partial charge in [0.15, 0.2) is 0 Å². The molecule has 0 amide bonds. The third-order valence-corrected chi connectivity index (χ3v) is 3.96. The monoisotopic (exact) mass is 304 g/mol. The summed E-state index contributed by atoms with van der Waals surface area (Å²) in [5.41, 5.74) is 0.661. The molecule has 1 rings (SSSR count). The lowest BCUT2D eigenvalue weighted by Crippen LogP contribution is -2.28. The third kappa shape index (κ3) is 8.86. The molecule has 1 aromatic carbocycles. The average molecular weight is 304 g/mol. The van der Waals surface area contributed by atoms with Crippen LogP contribution in [0, 0.1) is 0 Å². The van der Waals surface area contributed by atoms with Gasteiger partial charge in [-0.1, -0.05) is 75.8 Å². The molecule has 0 aliphatic heterocycles. The van der Waals surface area contributed by atoms with Crippen LogP contribution in [0.15, 0.2) is 30.3 Å². The van der Waals surface area contributed by atoms with Crippen molar-refractivity contribution in [3.8, 4) is 0 Å². The van der Waals surface area contributed by atoms with Gasteiger partial charge in [0.05, 0.1) is 6.42 Å². The number of carbonyl (C=O) groups is 1. The van der Waals surface area contributed by atoms with Crippen LogP contribution in [0.4, 0.5) is 0 Å². The normalized spacial score (nSPS) is 11.4. The number of unbranched alkanes of at least 4 members (excludes halogenated alkanes) is 6. The summed E-state index contributed by atoms with van der Waals surface area (Å²) in [6, 6.07) is 9.78. The number of carbonyl (C=O) groups excluding carboxylic acids is 1. The average Bonchev–Trinajstić information content (AvgIpc) is 2.46. The van der Waals surface area contributed by atoms with Crippen LogP contribution >= 0.6 is 0 Å². The molecule has 0 bridgehead atoms. The van der Waals surface area contributed by atoms with Gasteiger partial charge in [0.2, 0.25) is 0 Å². The SMILES string of the molecule is CCCCCCCCCC(C)(C)OC(=O)Cc1ccccc1. The van der Waals surface area contributed by atoms with Gasteiger partial charge in [-0.15, -0.1) is 0 Å². The Morgan fingerprint density at radius 3 is 2.18 bits per heavy atom. The zero-order chi connectivity index (χ0) is 16.3. The highest BCUT2D eigenvalue weighted by Crippen LogP contribution is 2.20. The van der Waals surface area contributed by atoms with Crippen LogP contribution in [0.25, 0.3) is 0 Å². The van der Waals surface area contributed by atoms with Crippen LogP contribution in [0.1, 0.15) is 77.7 Å². The Labute approximate surface area is 136 Å². The second-order valence-electron chi connectivity index (χ2n) is 6.77. The lowest BCUT2D eigenvalue weighted by molar-refractivity contribution is -0.156. The van der Waals surface area contributed by atoms with E-state index in [9.17, 15) is 4.79 Å². The fraction of sp³-hybridized carbons (Fsp3) is 0.650. The molecular weight excluding hydrogens is 272 g/mol. The van der Waals surface area contributed by atoms with Crippen molar-refractivity contribution in [1.82, 2.24) is 0 Å². The van der Waals surface area contributed by atoms with Crippen molar-refractivity contribution in [2.45, 2.75) is 84.2 Å². The smallest absolute Gasteiger partial charge is 0.310 e. The van der Waals surface area contributed by atoms with E-state index in [1.54, 1.807) is 0 Å². The maximum Gasteiger partial charge on any atom is 0.310 e. The van der Waals surface area contributed by atoms with Gasteiger partial charge >= 0.3 is 5.97 Å². The van der Waals surface area contributed by atoms with E-state index in [2.05, 4.69) is 6.92 Å². The molecule has 0 aliphatic carbocycles. The van der Waals surface area contributed by atoms with E-state index in [-0.39, 0.29) is 11.6 Å². The predicted octanol–water partition coefficient (Wildman–Crippen LogP) is 5.69. The third-order valence-electron chi connectivity index (χ3n) is 3.96. The first kappa shape index (κ1) is 18.7. The summed E-state index contributed by atoms with van der Waals surface area (Å²) in [6.45, 7) is 6.28. The highest BCUT2D eigenvalue weighted by Gasteiger charge is 2.22. The number of hydrogen-bond donors (Lipinski definition) is 0. The molecule has 2 nitrogen and oxygen atoms in total. The van der Waals surface area contributed by atoms with Crippen LogP contribution in [-0.2, 0) is 16.0 Å². The minimum absolute atomic E-state index is 0.126. The van der Waals surface area contributed by atoms with Gasteiger partial charge in [0.1, 0.15) is 5.60 Å². The van der Waals surface area contributed by atoms with Crippen molar-refractivity contribution in [3.63, 3.8) is 0 Å². The molecule has 0 heterocycles. The molecule has 0 unspecified atom stereocenters. The second kappa shape index (κ2) is 10.4. The van der Waals surface area contributed by atoms with Gasteiger partial charge in [0.25, 0.3) is 0 Å². The minimum atomic E-state index is -0.352. The maximum atomic E-state index is 12.0. The molecule has 0 fully saturated rings. The van der Waals surface area contributed by atoms with Gasteiger partial charge in [-0.25, -0.2) is 0 Å². The maximum absolute atomic E-state index is 12.0. The summed E-state index contributed by atoms with van der Waals surface area (Å²) < 4.78 is 5.65. The minimum Gasteiger partial charge on any atom is -0.459 e. The van der Waals surface area contributed by atoms with E-state index in [1.165, 1.54) is 38.5 Å². The van der Waals surface area contributed by atoms with Gasteiger partial charge in [-0.2, -0.15) is 0 Å². The van der Waals surface area contributed by atoms with E-state index < -0.39 is 0 Å². The van der Waals surface area contributed by atoms with Gasteiger partial charge < -0.3 is 4.74 Å². The van der Waals surface area contributed by atoms with E-state index >= 15 is 0 Å². The van der Waals surface area contributed by atoms with Crippen LogP contribution in [-0.4, -0.2) is 11.6 Å². The molecule has 2 heteroatoms. The Kier molecular flexibility index (Phi) is 8.88. The molecule has 0 saturated heterocycles. The summed E-state index contributed by atoms with van der Waals surface area (Å²) in [7, 11) is 0. The van der Waals surface area contributed by atoms with Crippen LogP contribution in [0.5, 0.6) is 0 Å². The summed E-state index contributed by atoms with van der Waals surface area (Å²) in [4.78, 5) is 12.0. The van der Waals surface area contributed by atoms with Crippen molar-refractivity contribution in [2.24, 2.45) is 0 Å². The van der Waals surface area contributed by atoms with Crippen molar-refractivity contribution < 1.29 is 9.53 Å². The molecule has 0 spiro atoms. The number of rotatable bonds is 11. The van der Waals surface area contributed by atoms with Crippen LogP contribution in [0.3, 0.4) is 0 Å². The van der Waals surface area contributed by atoms with Crippen LogP contribution < -0.4 is 0 Å². The summed E-state index contributed by atoms with van der Waals surface area (Å²) in [5.74, 6) is -0.126. The highest BCUT2D eigenvalue weighted by molar-refractivity contribution is 5.72. The van der Waals surface area contributed by atoms with E-state index in [1.807, 2.05) is 44.2 Å². The van der Waals surface area contributed by atoms with Crippen molar-refractivity contribution in [1.29, 1.82) is 0 Å².